The van der Waals surface area contributed by atoms with Crippen LogP contribution in [0.1, 0.15) is 31.2 Å². The fraction of sp³-hybridized carbons (Fsp3) is 0.471. The van der Waals surface area contributed by atoms with E-state index in [1.54, 1.807) is 6.92 Å². The molecule has 9 nitrogen and oxygen atoms in total. The van der Waals surface area contributed by atoms with E-state index in [1.807, 2.05) is 0 Å². The minimum absolute atomic E-state index is 0.0869. The second-order valence-electron chi connectivity index (χ2n) is 6.09. The highest BCUT2D eigenvalue weighted by molar-refractivity contribution is 5.94. The van der Waals surface area contributed by atoms with Crippen molar-refractivity contribution in [3.63, 3.8) is 0 Å². The summed E-state index contributed by atoms with van der Waals surface area (Å²) >= 11 is 0. The summed E-state index contributed by atoms with van der Waals surface area (Å²) in [4.78, 5) is 47.3. The summed E-state index contributed by atoms with van der Waals surface area (Å²) in [5, 5.41) is 13.3. The number of likely N-dealkylation sites (tertiary alicyclic amines) is 1. The Labute approximate surface area is 150 Å². The quantitative estimate of drug-likeness (QED) is 0.467. The van der Waals surface area contributed by atoms with Gasteiger partial charge in [0.05, 0.1) is 10.6 Å². The predicted molar refractivity (Wildman–Crippen MR) is 92.5 cm³/mol. The van der Waals surface area contributed by atoms with Crippen LogP contribution < -0.4 is 5.32 Å². The first-order valence-electron chi connectivity index (χ1n) is 8.35. The van der Waals surface area contributed by atoms with Crippen LogP contribution in [0.2, 0.25) is 0 Å². The summed E-state index contributed by atoms with van der Waals surface area (Å²) in [5.74, 6) is -1.36. The van der Waals surface area contributed by atoms with Gasteiger partial charge < -0.3 is 15.0 Å². The predicted octanol–water partition coefficient (Wildman–Crippen LogP) is 1.79. The van der Waals surface area contributed by atoms with E-state index < -0.39 is 23.4 Å². The summed E-state index contributed by atoms with van der Waals surface area (Å²) in [7, 11) is 0. The van der Waals surface area contributed by atoms with E-state index in [9.17, 15) is 24.5 Å². The maximum atomic E-state index is 11.9. The molecule has 0 spiro atoms. The number of carbonyl (C=O) groups excluding carboxylic acids is 3. The number of nitrogens with zero attached hydrogens (tertiary/aromatic N) is 2. The summed E-state index contributed by atoms with van der Waals surface area (Å²) in [5.41, 5.74) is 0.774. The smallest absolute Gasteiger partial charge is 0.326 e. The number of nitro benzene ring substituents is 1. The summed E-state index contributed by atoms with van der Waals surface area (Å²) in [6.07, 6.45) is 3.02. The van der Waals surface area contributed by atoms with E-state index in [0.29, 0.717) is 18.5 Å². The molecular formula is C17H21N3O6. The number of hydrogen-bond donors (Lipinski definition) is 1. The van der Waals surface area contributed by atoms with Crippen LogP contribution >= 0.6 is 0 Å². The van der Waals surface area contributed by atoms with Crippen molar-refractivity contribution < 1.29 is 24.0 Å². The third-order valence-electron chi connectivity index (χ3n) is 4.06. The summed E-state index contributed by atoms with van der Waals surface area (Å²) in [6.45, 7) is 1.49. The molecule has 2 rings (SSSR count). The van der Waals surface area contributed by atoms with Crippen LogP contribution in [-0.2, 0) is 19.1 Å². The molecule has 140 valence electrons. The lowest BCUT2D eigenvalue weighted by atomic mass is 10.2. The number of nitrogens with one attached hydrogen (secondary N) is 1. The zero-order valence-electron chi connectivity index (χ0n) is 14.5. The Hall–Kier alpha value is -2.97. The Morgan fingerprint density at radius 3 is 2.81 bits per heavy atom. The molecule has 0 saturated carbocycles. The number of esters is 1. The molecule has 26 heavy (non-hydrogen) atoms. The normalized spacial score (nSPS) is 14.5. The third-order valence-corrected chi connectivity index (χ3v) is 4.06. The van der Waals surface area contributed by atoms with Crippen molar-refractivity contribution in [2.24, 2.45) is 0 Å². The highest BCUT2D eigenvalue weighted by Crippen LogP contribution is 2.21. The van der Waals surface area contributed by atoms with Crippen molar-refractivity contribution in [1.82, 2.24) is 4.90 Å². The molecule has 0 bridgehead atoms. The SMILES string of the molecule is Cc1ccc([N+](=O)[O-])cc1NC(=O)COC(=O)CN1CCCCCC1=O. The van der Waals surface area contributed by atoms with E-state index >= 15 is 0 Å². The molecule has 1 aromatic rings. The Morgan fingerprint density at radius 1 is 1.31 bits per heavy atom. The van der Waals surface area contributed by atoms with Crippen LogP contribution in [0.3, 0.4) is 0 Å². The highest BCUT2D eigenvalue weighted by Gasteiger charge is 2.20. The van der Waals surface area contributed by atoms with Crippen molar-refractivity contribution in [3.05, 3.63) is 33.9 Å². The molecule has 0 aliphatic carbocycles. The highest BCUT2D eigenvalue weighted by atomic mass is 16.6. The van der Waals surface area contributed by atoms with Crippen molar-refractivity contribution in [3.8, 4) is 0 Å². The van der Waals surface area contributed by atoms with Gasteiger partial charge in [-0.05, 0) is 25.3 Å². The second-order valence-corrected chi connectivity index (χ2v) is 6.09. The molecule has 0 radical (unpaired) electrons. The molecule has 0 unspecified atom stereocenters. The molecule has 0 atom stereocenters. The van der Waals surface area contributed by atoms with Crippen molar-refractivity contribution in [1.29, 1.82) is 0 Å². The lowest BCUT2D eigenvalue weighted by molar-refractivity contribution is -0.384. The lowest BCUT2D eigenvalue weighted by Gasteiger charge is -2.19. The molecule has 9 heteroatoms. The number of anilines is 1. The van der Waals surface area contributed by atoms with Crippen molar-refractivity contribution >= 4 is 29.2 Å². The summed E-state index contributed by atoms with van der Waals surface area (Å²) in [6, 6.07) is 4.10. The van der Waals surface area contributed by atoms with Gasteiger partial charge in [-0.1, -0.05) is 12.5 Å². The maximum Gasteiger partial charge on any atom is 0.326 e. The Kier molecular flexibility index (Phi) is 6.65. The van der Waals surface area contributed by atoms with E-state index in [2.05, 4.69) is 5.32 Å². The number of benzene rings is 1. The van der Waals surface area contributed by atoms with Crippen LogP contribution in [0.5, 0.6) is 0 Å². The molecule has 1 saturated heterocycles. The van der Waals surface area contributed by atoms with Gasteiger partial charge >= 0.3 is 5.97 Å². The standard InChI is InChI=1S/C17H21N3O6/c1-12-6-7-13(20(24)25)9-14(12)18-15(21)11-26-17(23)10-19-8-4-2-3-5-16(19)22/h6-7,9H,2-5,8,10-11H2,1H3,(H,18,21). The van der Waals surface area contributed by atoms with Crippen molar-refractivity contribution in [2.75, 3.05) is 25.0 Å². The van der Waals surface area contributed by atoms with Gasteiger partial charge in [0.2, 0.25) is 5.91 Å². The fourth-order valence-electron chi connectivity index (χ4n) is 2.60. The number of nitro groups is 1. The van der Waals surface area contributed by atoms with Gasteiger partial charge in [0.25, 0.3) is 11.6 Å². The number of hydrogen-bond acceptors (Lipinski definition) is 6. The minimum atomic E-state index is -0.661. The number of carbonyl (C=O) groups is 3. The van der Waals surface area contributed by atoms with Gasteiger partial charge in [0.1, 0.15) is 6.54 Å². The van der Waals surface area contributed by atoms with Crippen LogP contribution in [0.4, 0.5) is 11.4 Å². The molecular weight excluding hydrogens is 342 g/mol. The average Bonchev–Trinajstić information content (AvgIpc) is 2.79. The average molecular weight is 363 g/mol. The first-order chi connectivity index (χ1) is 12.4. The van der Waals surface area contributed by atoms with Gasteiger partial charge in [0, 0.05) is 25.1 Å². The number of non-ortho nitro benzene ring substituents is 1. The Bertz CT molecular complexity index is 718. The van der Waals surface area contributed by atoms with Crippen LogP contribution in [-0.4, -0.2) is 47.3 Å². The van der Waals surface area contributed by atoms with Gasteiger partial charge in [0.15, 0.2) is 6.61 Å². The maximum absolute atomic E-state index is 11.9. The lowest BCUT2D eigenvalue weighted by Crippen LogP contribution is -2.36. The Balaban J connectivity index is 1.84. The van der Waals surface area contributed by atoms with E-state index in [1.165, 1.54) is 23.1 Å². The number of amides is 2. The molecule has 1 aromatic carbocycles. The van der Waals surface area contributed by atoms with Gasteiger partial charge in [-0.15, -0.1) is 0 Å². The molecule has 2 amide bonds. The second kappa shape index (κ2) is 8.93. The topological polar surface area (TPSA) is 119 Å². The largest absolute Gasteiger partial charge is 0.454 e. The van der Waals surface area contributed by atoms with E-state index in [4.69, 9.17) is 4.74 Å². The molecule has 0 aromatic heterocycles. The van der Waals surface area contributed by atoms with Crippen molar-refractivity contribution in [2.45, 2.75) is 32.6 Å². The first-order valence-corrected chi connectivity index (χ1v) is 8.35. The first kappa shape index (κ1) is 19.4. The molecule has 1 fully saturated rings. The van der Waals surface area contributed by atoms with E-state index in [-0.39, 0.29) is 23.8 Å². The number of rotatable bonds is 6. The third kappa shape index (κ3) is 5.54. The monoisotopic (exact) mass is 363 g/mol. The van der Waals surface area contributed by atoms with Gasteiger partial charge in [-0.3, -0.25) is 24.5 Å². The van der Waals surface area contributed by atoms with Crippen LogP contribution in [0.25, 0.3) is 0 Å². The molecule has 1 N–H and O–H groups in total. The molecule has 1 heterocycles. The number of aryl methyl sites for hydroxylation is 1. The fourth-order valence-corrected chi connectivity index (χ4v) is 2.60. The number of ether oxygens (including phenoxy) is 1. The van der Waals surface area contributed by atoms with Crippen LogP contribution in [0.15, 0.2) is 18.2 Å². The summed E-state index contributed by atoms with van der Waals surface area (Å²) < 4.78 is 4.91. The van der Waals surface area contributed by atoms with Gasteiger partial charge in [-0.2, -0.15) is 0 Å². The molecule has 1 aliphatic heterocycles. The van der Waals surface area contributed by atoms with Gasteiger partial charge in [-0.25, -0.2) is 0 Å². The van der Waals surface area contributed by atoms with E-state index in [0.717, 1.165) is 19.3 Å². The van der Waals surface area contributed by atoms with Crippen LogP contribution in [0, 0.1) is 17.0 Å². The molecule has 1 aliphatic rings. The minimum Gasteiger partial charge on any atom is -0.454 e. The Morgan fingerprint density at radius 2 is 2.08 bits per heavy atom. The zero-order valence-corrected chi connectivity index (χ0v) is 14.5. The zero-order chi connectivity index (χ0) is 19.1.